The second-order valence-electron chi connectivity index (χ2n) is 5.78. The van der Waals surface area contributed by atoms with E-state index >= 15 is 0 Å². The van der Waals surface area contributed by atoms with Crippen molar-refractivity contribution in [2.24, 2.45) is 0 Å². The molecule has 18 heavy (non-hydrogen) atoms. The van der Waals surface area contributed by atoms with Crippen molar-refractivity contribution in [1.29, 1.82) is 0 Å². The van der Waals surface area contributed by atoms with Crippen LogP contribution in [0.1, 0.15) is 35.8 Å². The Hall–Kier alpha value is -1.82. The van der Waals surface area contributed by atoms with Crippen LogP contribution < -0.4 is 0 Å². The van der Waals surface area contributed by atoms with Crippen molar-refractivity contribution in [3.63, 3.8) is 0 Å². The highest BCUT2D eigenvalue weighted by atomic mass is 14.5. The summed E-state index contributed by atoms with van der Waals surface area (Å²) in [6.07, 6.45) is 2.79. The third-order valence-electron chi connectivity index (χ3n) is 4.97. The molecule has 0 spiro atoms. The summed E-state index contributed by atoms with van der Waals surface area (Å²) in [4.78, 5) is 0. The standard InChI is InChI=1S/C18H14/c1-3-7-15-13(5-1)14-6-2-4-8-16(14)18-12-9-11(10-12)17(15)18/h1-8,11-12H,9-10H2. The Labute approximate surface area is 106 Å². The van der Waals surface area contributed by atoms with E-state index in [4.69, 9.17) is 0 Å². The molecule has 3 aromatic rings. The summed E-state index contributed by atoms with van der Waals surface area (Å²) in [6, 6.07) is 17.9. The first-order valence-corrected chi connectivity index (χ1v) is 6.87. The van der Waals surface area contributed by atoms with Crippen LogP contribution in [0.4, 0.5) is 0 Å². The first-order valence-electron chi connectivity index (χ1n) is 6.87. The molecule has 0 aliphatic heterocycles. The van der Waals surface area contributed by atoms with Gasteiger partial charge in [0.1, 0.15) is 0 Å². The summed E-state index contributed by atoms with van der Waals surface area (Å²) >= 11 is 0. The molecule has 0 heterocycles. The van der Waals surface area contributed by atoms with E-state index in [0.717, 1.165) is 11.8 Å². The van der Waals surface area contributed by atoms with Crippen LogP contribution in [0.3, 0.4) is 0 Å². The molecule has 86 valence electrons. The van der Waals surface area contributed by atoms with Crippen molar-refractivity contribution in [2.75, 3.05) is 0 Å². The Morgan fingerprint density at radius 1 is 0.556 bits per heavy atom. The average Bonchev–Trinajstić information content (AvgIpc) is 2.94. The van der Waals surface area contributed by atoms with Crippen molar-refractivity contribution in [3.05, 3.63) is 59.7 Å². The van der Waals surface area contributed by atoms with Gasteiger partial charge in [0.2, 0.25) is 0 Å². The smallest absolute Gasteiger partial charge is 0.0102 e. The minimum Gasteiger partial charge on any atom is -0.0616 e. The van der Waals surface area contributed by atoms with E-state index in [1.165, 1.54) is 34.4 Å². The van der Waals surface area contributed by atoms with Gasteiger partial charge in [-0.1, -0.05) is 48.5 Å². The molecule has 1 fully saturated rings. The van der Waals surface area contributed by atoms with E-state index in [2.05, 4.69) is 48.5 Å². The molecule has 0 saturated heterocycles. The molecule has 0 atom stereocenters. The number of hydrogen-bond acceptors (Lipinski definition) is 0. The van der Waals surface area contributed by atoms with E-state index in [1.807, 2.05) is 0 Å². The van der Waals surface area contributed by atoms with Gasteiger partial charge in [-0.25, -0.2) is 0 Å². The van der Waals surface area contributed by atoms with Crippen LogP contribution in [0, 0.1) is 0 Å². The highest BCUT2D eigenvalue weighted by Gasteiger charge is 2.43. The quantitative estimate of drug-likeness (QED) is 0.478. The first-order chi connectivity index (χ1) is 8.93. The Bertz CT molecular complexity index is 725. The molecular formula is C18H14. The van der Waals surface area contributed by atoms with Gasteiger partial charge in [0.05, 0.1) is 0 Å². The Morgan fingerprint density at radius 3 is 1.39 bits per heavy atom. The number of hydrogen-bond donors (Lipinski definition) is 0. The van der Waals surface area contributed by atoms with E-state index < -0.39 is 0 Å². The van der Waals surface area contributed by atoms with Gasteiger partial charge in [-0.3, -0.25) is 0 Å². The van der Waals surface area contributed by atoms with Crippen molar-refractivity contribution in [1.82, 2.24) is 0 Å². The zero-order valence-corrected chi connectivity index (χ0v) is 10.2. The lowest BCUT2D eigenvalue weighted by atomic mass is 9.81. The fraction of sp³-hybridized carbons (Fsp3) is 0.222. The van der Waals surface area contributed by atoms with Crippen molar-refractivity contribution >= 4 is 21.5 Å². The molecule has 0 aromatic heterocycles. The second-order valence-corrected chi connectivity index (χ2v) is 5.78. The number of benzene rings is 3. The van der Waals surface area contributed by atoms with Crippen LogP contribution in [-0.2, 0) is 0 Å². The average molecular weight is 230 g/mol. The van der Waals surface area contributed by atoms with E-state index in [0.29, 0.717) is 0 Å². The van der Waals surface area contributed by atoms with Gasteiger partial charge in [-0.15, -0.1) is 0 Å². The fourth-order valence-electron chi connectivity index (χ4n) is 4.16. The van der Waals surface area contributed by atoms with E-state index in [1.54, 1.807) is 11.1 Å². The lowest BCUT2D eigenvalue weighted by Gasteiger charge is -2.23. The summed E-state index contributed by atoms with van der Waals surface area (Å²) in [6.45, 7) is 0. The Balaban J connectivity index is 2.13. The van der Waals surface area contributed by atoms with Crippen molar-refractivity contribution in [2.45, 2.75) is 24.7 Å². The van der Waals surface area contributed by atoms with Crippen LogP contribution in [0.25, 0.3) is 21.5 Å². The molecule has 0 unspecified atom stereocenters. The topological polar surface area (TPSA) is 0 Å². The van der Waals surface area contributed by atoms with Crippen LogP contribution in [0.15, 0.2) is 48.5 Å². The monoisotopic (exact) mass is 230 g/mol. The second kappa shape index (κ2) is 2.95. The number of fused-ring (bicyclic) bond motifs is 3. The van der Waals surface area contributed by atoms with Crippen LogP contribution in [-0.4, -0.2) is 0 Å². The van der Waals surface area contributed by atoms with Gasteiger partial charge in [-0.05, 0) is 57.3 Å². The van der Waals surface area contributed by atoms with E-state index in [-0.39, 0.29) is 0 Å². The highest BCUT2D eigenvalue weighted by Crippen LogP contribution is 2.61. The molecule has 0 heteroatoms. The summed E-state index contributed by atoms with van der Waals surface area (Å²) in [5, 5.41) is 5.91. The van der Waals surface area contributed by atoms with Gasteiger partial charge in [0.15, 0.2) is 0 Å². The molecule has 2 bridgehead atoms. The zero-order valence-electron chi connectivity index (χ0n) is 10.2. The zero-order chi connectivity index (χ0) is 11.7. The molecule has 0 radical (unpaired) electrons. The molecule has 0 N–H and O–H groups in total. The molecule has 0 amide bonds. The first kappa shape index (κ1) is 9.16. The summed E-state index contributed by atoms with van der Waals surface area (Å²) in [5.74, 6) is 1.69. The molecule has 0 nitrogen and oxygen atoms in total. The van der Waals surface area contributed by atoms with E-state index in [9.17, 15) is 0 Å². The number of rotatable bonds is 0. The van der Waals surface area contributed by atoms with Crippen molar-refractivity contribution < 1.29 is 0 Å². The molecule has 3 aromatic carbocycles. The van der Waals surface area contributed by atoms with Gasteiger partial charge in [0.25, 0.3) is 0 Å². The van der Waals surface area contributed by atoms with Gasteiger partial charge in [0, 0.05) is 0 Å². The molecule has 3 aliphatic carbocycles. The van der Waals surface area contributed by atoms with Crippen LogP contribution in [0.2, 0.25) is 0 Å². The molecule has 6 rings (SSSR count). The lowest BCUT2D eigenvalue weighted by molar-refractivity contribution is 0.407. The normalized spacial score (nSPS) is 24.2. The minimum absolute atomic E-state index is 0.847. The van der Waals surface area contributed by atoms with Crippen LogP contribution in [0.5, 0.6) is 0 Å². The van der Waals surface area contributed by atoms with Crippen LogP contribution >= 0.6 is 0 Å². The highest BCUT2D eigenvalue weighted by molar-refractivity contribution is 6.11. The fourth-order valence-corrected chi connectivity index (χ4v) is 4.16. The minimum atomic E-state index is 0.847. The summed E-state index contributed by atoms with van der Waals surface area (Å²) in [5.41, 5.74) is 3.35. The van der Waals surface area contributed by atoms with Crippen molar-refractivity contribution in [3.8, 4) is 0 Å². The predicted octanol–water partition coefficient (Wildman–Crippen LogP) is 4.97. The summed E-state index contributed by atoms with van der Waals surface area (Å²) < 4.78 is 0. The summed E-state index contributed by atoms with van der Waals surface area (Å²) in [7, 11) is 0. The third kappa shape index (κ3) is 0.905. The van der Waals surface area contributed by atoms with Gasteiger partial charge < -0.3 is 0 Å². The predicted molar refractivity (Wildman–Crippen MR) is 76.2 cm³/mol. The Morgan fingerprint density at radius 2 is 0.944 bits per heavy atom. The Kier molecular flexibility index (Phi) is 1.50. The molecular weight excluding hydrogens is 216 g/mol. The lowest BCUT2D eigenvalue weighted by Crippen LogP contribution is -2.07. The SMILES string of the molecule is c1ccc2c(c1)c1c(c3ccccc32)C2CC1C2. The maximum atomic E-state index is 2.32. The third-order valence-corrected chi connectivity index (χ3v) is 4.97. The molecule has 1 saturated carbocycles. The van der Waals surface area contributed by atoms with Gasteiger partial charge >= 0.3 is 0 Å². The molecule has 3 aliphatic rings. The maximum Gasteiger partial charge on any atom is -0.0102 e. The van der Waals surface area contributed by atoms with Gasteiger partial charge in [-0.2, -0.15) is 0 Å². The largest absolute Gasteiger partial charge is 0.0616 e. The maximum absolute atomic E-state index is 2.32.